The highest BCUT2D eigenvalue weighted by Crippen LogP contribution is 2.35. The van der Waals surface area contributed by atoms with E-state index >= 15 is 0 Å². The lowest BCUT2D eigenvalue weighted by Crippen LogP contribution is -2.24. The second-order valence-corrected chi connectivity index (χ2v) is 6.27. The largest absolute Gasteiger partial charge is 0.310 e. The average molecular weight is 268 g/mol. The van der Waals surface area contributed by atoms with E-state index in [9.17, 15) is 0 Å². The van der Waals surface area contributed by atoms with Crippen LogP contribution in [0.4, 0.5) is 0 Å². The van der Waals surface area contributed by atoms with Gasteiger partial charge >= 0.3 is 0 Å². The fourth-order valence-corrected chi connectivity index (χ4v) is 3.17. The van der Waals surface area contributed by atoms with Crippen molar-refractivity contribution in [1.82, 2.24) is 15.1 Å². The zero-order valence-corrected chi connectivity index (χ0v) is 11.6. The molecule has 1 N–H and O–H groups in total. The topological polar surface area (TPSA) is 29.9 Å². The van der Waals surface area contributed by atoms with Gasteiger partial charge < -0.3 is 5.32 Å². The molecule has 0 radical (unpaired) electrons. The molecule has 2 aliphatic carbocycles. The molecule has 0 amide bonds. The molecule has 0 spiro atoms. The second kappa shape index (κ2) is 5.62. The monoisotopic (exact) mass is 267 g/mol. The third-order valence-corrected chi connectivity index (χ3v) is 4.65. The summed E-state index contributed by atoms with van der Waals surface area (Å²) in [6.45, 7) is 1.75. The molecule has 1 aromatic heterocycles. The number of halogens is 1. The van der Waals surface area contributed by atoms with Gasteiger partial charge in [0, 0.05) is 24.7 Å². The number of rotatable bonds is 6. The highest BCUT2D eigenvalue weighted by Gasteiger charge is 2.29. The molecule has 0 bridgehead atoms. The predicted molar refractivity (Wildman–Crippen MR) is 73.8 cm³/mol. The summed E-state index contributed by atoms with van der Waals surface area (Å²) in [6, 6.07) is 2.78. The van der Waals surface area contributed by atoms with Gasteiger partial charge in [-0.2, -0.15) is 5.10 Å². The Bertz CT molecular complexity index is 380. The Labute approximate surface area is 114 Å². The lowest BCUT2D eigenvalue weighted by Gasteiger charge is -2.10. The maximum Gasteiger partial charge on any atom is 0.0762 e. The van der Waals surface area contributed by atoms with Crippen LogP contribution in [0.15, 0.2) is 12.3 Å². The Kier molecular flexibility index (Phi) is 3.90. The van der Waals surface area contributed by atoms with Crippen molar-refractivity contribution >= 4 is 11.6 Å². The zero-order chi connectivity index (χ0) is 12.4. The van der Waals surface area contributed by atoms with Crippen LogP contribution in [0.2, 0.25) is 0 Å². The minimum Gasteiger partial charge on any atom is -0.310 e. The number of nitrogens with one attached hydrogen (secondary N) is 1. The molecule has 1 unspecified atom stereocenters. The Balaban J connectivity index is 1.44. The maximum atomic E-state index is 6.27. The van der Waals surface area contributed by atoms with Gasteiger partial charge in [0.25, 0.3) is 0 Å². The number of aromatic nitrogens is 2. The molecule has 2 saturated carbocycles. The third kappa shape index (κ3) is 3.07. The van der Waals surface area contributed by atoms with Gasteiger partial charge in [-0.25, -0.2) is 0 Å². The van der Waals surface area contributed by atoms with Crippen LogP contribution in [0, 0.1) is 5.92 Å². The predicted octanol–water partition coefficient (Wildman–Crippen LogP) is 3.11. The van der Waals surface area contributed by atoms with Crippen LogP contribution in [0.1, 0.15) is 50.3 Å². The van der Waals surface area contributed by atoms with Gasteiger partial charge in [0.05, 0.1) is 11.7 Å². The zero-order valence-electron chi connectivity index (χ0n) is 10.8. The number of alkyl halides is 1. The van der Waals surface area contributed by atoms with E-state index in [1.54, 1.807) is 0 Å². The molecule has 18 heavy (non-hydrogen) atoms. The van der Waals surface area contributed by atoms with Crippen molar-refractivity contribution in [2.24, 2.45) is 5.92 Å². The van der Waals surface area contributed by atoms with Gasteiger partial charge in [-0.1, -0.05) is 12.8 Å². The molecule has 3 nitrogen and oxygen atoms in total. The molecule has 1 aromatic rings. The third-order valence-electron chi connectivity index (χ3n) is 4.14. The van der Waals surface area contributed by atoms with Crippen LogP contribution < -0.4 is 5.32 Å². The lowest BCUT2D eigenvalue weighted by molar-refractivity contribution is 0.460. The van der Waals surface area contributed by atoms with E-state index in [4.69, 9.17) is 11.6 Å². The average Bonchev–Trinajstić information content (AvgIpc) is 2.90. The molecule has 100 valence electrons. The normalized spacial score (nSPS) is 22.5. The number of hydrogen-bond acceptors (Lipinski definition) is 2. The van der Waals surface area contributed by atoms with E-state index in [0.29, 0.717) is 11.4 Å². The molecule has 3 rings (SSSR count). The van der Waals surface area contributed by atoms with Crippen molar-refractivity contribution in [2.75, 3.05) is 6.54 Å². The van der Waals surface area contributed by atoms with E-state index in [-0.39, 0.29) is 0 Å². The van der Waals surface area contributed by atoms with Gasteiger partial charge in [-0.15, -0.1) is 11.6 Å². The van der Waals surface area contributed by atoms with E-state index in [2.05, 4.69) is 27.4 Å². The van der Waals surface area contributed by atoms with E-state index in [1.807, 2.05) is 0 Å². The van der Waals surface area contributed by atoms with E-state index < -0.39 is 0 Å². The fraction of sp³-hybridized carbons (Fsp3) is 0.786. The summed E-state index contributed by atoms with van der Waals surface area (Å²) in [5.41, 5.74) is 1.14. The smallest absolute Gasteiger partial charge is 0.0762 e. The minimum absolute atomic E-state index is 0.307. The second-order valence-electron chi connectivity index (χ2n) is 5.71. The van der Waals surface area contributed by atoms with Crippen LogP contribution >= 0.6 is 11.6 Å². The van der Waals surface area contributed by atoms with Gasteiger partial charge in [0.15, 0.2) is 0 Å². The summed E-state index contributed by atoms with van der Waals surface area (Å²) >= 11 is 6.27. The maximum absolute atomic E-state index is 6.27. The Morgan fingerprint density at radius 1 is 1.33 bits per heavy atom. The first-order chi connectivity index (χ1) is 8.83. The summed E-state index contributed by atoms with van der Waals surface area (Å²) in [7, 11) is 0. The minimum atomic E-state index is 0.307. The molecular formula is C14H22ClN3. The molecule has 1 heterocycles. The van der Waals surface area contributed by atoms with E-state index in [1.165, 1.54) is 38.5 Å². The molecule has 4 heteroatoms. The molecule has 1 atom stereocenters. The first kappa shape index (κ1) is 12.5. The number of nitrogens with zero attached hydrogens (tertiary/aromatic N) is 2. The molecule has 2 fully saturated rings. The highest BCUT2D eigenvalue weighted by molar-refractivity contribution is 6.21. The molecule has 0 aromatic carbocycles. The summed E-state index contributed by atoms with van der Waals surface area (Å²) in [6.07, 6.45) is 10.0. The van der Waals surface area contributed by atoms with Crippen molar-refractivity contribution in [1.29, 1.82) is 0 Å². The fourth-order valence-electron chi connectivity index (χ4n) is 2.81. The van der Waals surface area contributed by atoms with Gasteiger partial charge in [-0.3, -0.25) is 4.68 Å². The van der Waals surface area contributed by atoms with Crippen molar-refractivity contribution < 1.29 is 0 Å². The van der Waals surface area contributed by atoms with Crippen LogP contribution in [-0.2, 0) is 6.54 Å². The van der Waals surface area contributed by atoms with Gasteiger partial charge in [-0.05, 0) is 37.7 Å². The lowest BCUT2D eigenvalue weighted by atomic mass is 10.3. The van der Waals surface area contributed by atoms with Crippen molar-refractivity contribution in [3.05, 3.63) is 18.0 Å². The SMILES string of the molecule is ClC(CNCc1ccn(C2CCCC2)n1)C1CC1. The molecule has 0 saturated heterocycles. The Hall–Kier alpha value is -0.540. The van der Waals surface area contributed by atoms with Crippen molar-refractivity contribution in [3.63, 3.8) is 0 Å². The first-order valence-corrected chi connectivity index (χ1v) is 7.65. The summed E-state index contributed by atoms with van der Waals surface area (Å²) in [5.74, 6) is 0.759. The molecule has 2 aliphatic rings. The van der Waals surface area contributed by atoms with Crippen molar-refractivity contribution in [3.8, 4) is 0 Å². The summed E-state index contributed by atoms with van der Waals surface area (Å²) in [4.78, 5) is 0. The first-order valence-electron chi connectivity index (χ1n) is 7.22. The highest BCUT2D eigenvalue weighted by atomic mass is 35.5. The standard InChI is InChI=1S/C14H22ClN3/c15-14(11-5-6-11)10-16-9-12-7-8-18(17-12)13-3-1-2-4-13/h7-8,11,13-14,16H,1-6,9-10H2. The van der Waals surface area contributed by atoms with Crippen molar-refractivity contribution in [2.45, 2.75) is 56.5 Å². The van der Waals surface area contributed by atoms with Crippen LogP contribution in [0.25, 0.3) is 0 Å². The van der Waals surface area contributed by atoms with Gasteiger partial charge in [0.2, 0.25) is 0 Å². The van der Waals surface area contributed by atoms with Gasteiger partial charge in [0.1, 0.15) is 0 Å². The number of hydrogen-bond donors (Lipinski definition) is 1. The van der Waals surface area contributed by atoms with Crippen LogP contribution in [0.3, 0.4) is 0 Å². The Morgan fingerprint density at radius 2 is 2.11 bits per heavy atom. The molecular weight excluding hydrogens is 246 g/mol. The molecule has 0 aliphatic heterocycles. The van der Waals surface area contributed by atoms with E-state index in [0.717, 1.165) is 24.7 Å². The summed E-state index contributed by atoms with van der Waals surface area (Å²) < 4.78 is 2.16. The van der Waals surface area contributed by atoms with Crippen LogP contribution in [0.5, 0.6) is 0 Å². The van der Waals surface area contributed by atoms with Crippen LogP contribution in [-0.4, -0.2) is 21.7 Å². The Morgan fingerprint density at radius 3 is 2.83 bits per heavy atom. The quantitative estimate of drug-likeness (QED) is 0.803. The summed E-state index contributed by atoms with van der Waals surface area (Å²) in [5, 5.41) is 8.39.